The summed E-state index contributed by atoms with van der Waals surface area (Å²) in [6, 6.07) is 5.71. The van der Waals surface area contributed by atoms with Crippen LogP contribution in [0.4, 0.5) is 11.5 Å². The molecule has 1 aromatic carbocycles. The van der Waals surface area contributed by atoms with Crippen LogP contribution in [0.1, 0.15) is 46.2 Å². The molecule has 2 aromatic rings. The first-order chi connectivity index (χ1) is 11.5. The summed E-state index contributed by atoms with van der Waals surface area (Å²) in [5.41, 5.74) is 1.30. The summed E-state index contributed by atoms with van der Waals surface area (Å²) in [5.74, 6) is -0.624. The molecule has 1 N–H and O–H groups in total. The van der Waals surface area contributed by atoms with E-state index in [0.29, 0.717) is 5.82 Å². The van der Waals surface area contributed by atoms with Gasteiger partial charge in [0.2, 0.25) is 5.91 Å². The van der Waals surface area contributed by atoms with Gasteiger partial charge in [-0.3, -0.25) is 19.7 Å². The number of amides is 1. The number of carbonyl (C=O) groups is 2. The normalized spacial score (nSPS) is 13.2. The summed E-state index contributed by atoms with van der Waals surface area (Å²) < 4.78 is 1.17. The Bertz CT molecular complexity index is 841. The highest BCUT2D eigenvalue weighted by Crippen LogP contribution is 2.29. The molecule has 0 radical (unpaired) electrons. The molecule has 1 aromatic heterocycles. The Kier molecular flexibility index (Phi) is 4.11. The van der Waals surface area contributed by atoms with E-state index in [0.717, 1.165) is 36.9 Å². The highest BCUT2D eigenvalue weighted by atomic mass is 16.6. The topological polar surface area (TPSA) is 107 Å². The van der Waals surface area contributed by atoms with E-state index in [-0.39, 0.29) is 17.2 Å². The number of aromatic nitrogens is 2. The highest BCUT2D eigenvalue weighted by Gasteiger charge is 2.26. The van der Waals surface area contributed by atoms with Crippen LogP contribution in [0, 0.1) is 10.1 Å². The van der Waals surface area contributed by atoms with Gasteiger partial charge in [0.1, 0.15) is 11.4 Å². The van der Waals surface area contributed by atoms with E-state index in [1.54, 1.807) is 6.07 Å². The number of nitrogens with zero attached hydrogens (tertiary/aromatic N) is 3. The van der Waals surface area contributed by atoms with Crippen molar-refractivity contribution in [1.29, 1.82) is 0 Å². The zero-order valence-electron chi connectivity index (χ0n) is 13.1. The Hall–Kier alpha value is -3.03. The second-order valence-corrected chi connectivity index (χ2v) is 5.64. The standard InChI is InChI=1S/C16H16N4O4/c1-10(21)19-15(11-6-2-4-8-13(11)18-19)17-16(22)12-7-3-5-9-14(12)20(23)24/h3,5,7,9H,2,4,6,8H2,1H3,(H,17,22). The molecular formula is C16H16N4O4. The van der Waals surface area contributed by atoms with Crippen molar-refractivity contribution in [2.75, 3.05) is 5.32 Å². The number of benzene rings is 1. The smallest absolute Gasteiger partial charge is 0.282 e. The first-order valence-electron chi connectivity index (χ1n) is 7.65. The third-order valence-electron chi connectivity index (χ3n) is 4.03. The Balaban J connectivity index is 2.00. The van der Waals surface area contributed by atoms with Gasteiger partial charge in [-0.2, -0.15) is 9.78 Å². The van der Waals surface area contributed by atoms with Crippen molar-refractivity contribution in [2.24, 2.45) is 0 Å². The Morgan fingerprint density at radius 3 is 2.67 bits per heavy atom. The maximum absolute atomic E-state index is 12.5. The molecule has 1 aliphatic rings. The lowest BCUT2D eigenvalue weighted by Crippen LogP contribution is -2.20. The largest absolute Gasteiger partial charge is 0.306 e. The van der Waals surface area contributed by atoms with Gasteiger partial charge in [-0.1, -0.05) is 12.1 Å². The van der Waals surface area contributed by atoms with E-state index in [4.69, 9.17) is 0 Å². The van der Waals surface area contributed by atoms with Crippen LogP contribution in [0.2, 0.25) is 0 Å². The SMILES string of the molecule is CC(=O)n1nc2c(c1NC(=O)c1ccccc1[N+](=O)[O-])CCCC2. The van der Waals surface area contributed by atoms with Crippen LogP contribution in [-0.2, 0) is 12.8 Å². The van der Waals surface area contributed by atoms with Crippen molar-refractivity contribution in [3.05, 3.63) is 51.2 Å². The second kappa shape index (κ2) is 6.23. The third kappa shape index (κ3) is 2.78. The molecule has 3 rings (SSSR count). The molecule has 0 aliphatic heterocycles. The number of rotatable bonds is 3. The molecule has 0 spiro atoms. The Morgan fingerprint density at radius 1 is 1.25 bits per heavy atom. The molecule has 1 amide bonds. The molecule has 24 heavy (non-hydrogen) atoms. The molecule has 0 unspecified atom stereocenters. The summed E-state index contributed by atoms with van der Waals surface area (Å²) >= 11 is 0. The van der Waals surface area contributed by atoms with Crippen LogP contribution in [0.25, 0.3) is 0 Å². The lowest BCUT2D eigenvalue weighted by molar-refractivity contribution is -0.385. The Labute approximate surface area is 137 Å². The molecule has 8 heteroatoms. The minimum Gasteiger partial charge on any atom is -0.306 e. The van der Waals surface area contributed by atoms with E-state index < -0.39 is 10.8 Å². The minimum absolute atomic E-state index is 0.0524. The fourth-order valence-corrected chi connectivity index (χ4v) is 2.91. The third-order valence-corrected chi connectivity index (χ3v) is 4.03. The van der Waals surface area contributed by atoms with E-state index in [1.165, 1.54) is 29.8 Å². The van der Waals surface area contributed by atoms with Crippen LogP contribution in [-0.4, -0.2) is 26.5 Å². The molecular weight excluding hydrogens is 312 g/mol. The number of para-hydroxylation sites is 1. The van der Waals surface area contributed by atoms with Crippen LogP contribution in [0.15, 0.2) is 24.3 Å². The van der Waals surface area contributed by atoms with Gasteiger partial charge < -0.3 is 5.32 Å². The van der Waals surface area contributed by atoms with Crippen LogP contribution >= 0.6 is 0 Å². The van der Waals surface area contributed by atoms with Crippen molar-refractivity contribution in [3.63, 3.8) is 0 Å². The molecule has 1 aliphatic carbocycles. The maximum Gasteiger partial charge on any atom is 0.282 e. The van der Waals surface area contributed by atoms with Crippen LogP contribution in [0.5, 0.6) is 0 Å². The molecule has 0 bridgehead atoms. The van der Waals surface area contributed by atoms with Gasteiger partial charge in [0.05, 0.1) is 10.6 Å². The molecule has 124 valence electrons. The highest BCUT2D eigenvalue weighted by molar-refractivity contribution is 6.07. The quantitative estimate of drug-likeness (QED) is 0.688. The molecule has 0 saturated carbocycles. The average Bonchev–Trinajstić information content (AvgIpc) is 2.94. The predicted octanol–water partition coefficient (Wildman–Crippen LogP) is 2.58. The lowest BCUT2D eigenvalue weighted by atomic mass is 9.97. The zero-order valence-corrected chi connectivity index (χ0v) is 13.1. The van der Waals surface area contributed by atoms with Crippen LogP contribution < -0.4 is 5.32 Å². The number of aryl methyl sites for hydroxylation is 1. The zero-order chi connectivity index (χ0) is 17.3. The number of hydrogen-bond donors (Lipinski definition) is 1. The van der Waals surface area contributed by atoms with Crippen molar-refractivity contribution in [1.82, 2.24) is 9.78 Å². The summed E-state index contributed by atoms with van der Waals surface area (Å²) in [7, 11) is 0. The second-order valence-electron chi connectivity index (χ2n) is 5.64. The maximum atomic E-state index is 12.5. The van der Waals surface area contributed by atoms with Crippen LogP contribution in [0.3, 0.4) is 0 Å². The van der Waals surface area contributed by atoms with Gasteiger partial charge in [-0.05, 0) is 31.7 Å². The van der Waals surface area contributed by atoms with Gasteiger partial charge >= 0.3 is 0 Å². The van der Waals surface area contributed by atoms with Crippen molar-refractivity contribution in [3.8, 4) is 0 Å². The molecule has 0 fully saturated rings. The number of hydrogen-bond acceptors (Lipinski definition) is 5. The number of nitrogens with one attached hydrogen (secondary N) is 1. The van der Waals surface area contributed by atoms with E-state index in [9.17, 15) is 19.7 Å². The predicted molar refractivity (Wildman–Crippen MR) is 86.2 cm³/mol. The van der Waals surface area contributed by atoms with E-state index in [2.05, 4.69) is 10.4 Å². The molecule has 8 nitrogen and oxygen atoms in total. The molecule has 0 atom stereocenters. The monoisotopic (exact) mass is 328 g/mol. The summed E-state index contributed by atoms with van der Waals surface area (Å²) in [5, 5.41) is 18.0. The van der Waals surface area contributed by atoms with Gasteiger partial charge in [0.25, 0.3) is 11.6 Å². The minimum atomic E-state index is -0.627. The number of carbonyl (C=O) groups excluding carboxylic acids is 2. The average molecular weight is 328 g/mol. The van der Waals surface area contributed by atoms with Gasteiger partial charge in [0, 0.05) is 18.6 Å². The fourth-order valence-electron chi connectivity index (χ4n) is 2.91. The van der Waals surface area contributed by atoms with E-state index in [1.807, 2.05) is 0 Å². The first-order valence-corrected chi connectivity index (χ1v) is 7.65. The lowest BCUT2D eigenvalue weighted by Gasteiger charge is -2.12. The summed E-state index contributed by atoms with van der Waals surface area (Å²) in [6.45, 7) is 1.36. The van der Waals surface area contributed by atoms with Gasteiger partial charge in [-0.15, -0.1) is 0 Å². The van der Waals surface area contributed by atoms with Crippen molar-refractivity contribution in [2.45, 2.75) is 32.6 Å². The molecule has 1 heterocycles. The first kappa shape index (κ1) is 15.9. The van der Waals surface area contributed by atoms with Gasteiger partial charge in [-0.25, -0.2) is 0 Å². The molecule has 0 saturated heterocycles. The van der Waals surface area contributed by atoms with E-state index >= 15 is 0 Å². The number of fused-ring (bicyclic) bond motifs is 1. The number of nitro groups is 1. The fraction of sp³-hybridized carbons (Fsp3) is 0.312. The Morgan fingerprint density at radius 2 is 1.96 bits per heavy atom. The summed E-state index contributed by atoms with van der Waals surface area (Å²) in [4.78, 5) is 34.8. The summed E-state index contributed by atoms with van der Waals surface area (Å²) in [6.07, 6.45) is 3.41. The number of anilines is 1. The van der Waals surface area contributed by atoms with Crippen molar-refractivity contribution >= 4 is 23.3 Å². The number of nitro benzene ring substituents is 1. The van der Waals surface area contributed by atoms with Crippen molar-refractivity contribution < 1.29 is 14.5 Å². The van der Waals surface area contributed by atoms with Gasteiger partial charge in [0.15, 0.2) is 0 Å².